The van der Waals surface area contributed by atoms with E-state index >= 15 is 0 Å². The van der Waals surface area contributed by atoms with Crippen LogP contribution in [-0.4, -0.2) is 7.05 Å². The predicted molar refractivity (Wildman–Crippen MR) is 133 cm³/mol. The normalized spacial score (nSPS) is 11.1. The lowest BCUT2D eigenvalue weighted by molar-refractivity contribution is 0.306. The Kier molecular flexibility index (Phi) is 7.50. The van der Waals surface area contributed by atoms with Crippen molar-refractivity contribution < 1.29 is 4.74 Å². The van der Waals surface area contributed by atoms with E-state index in [4.69, 9.17) is 4.74 Å². The highest BCUT2D eigenvalue weighted by molar-refractivity contribution is 7.55. The molecule has 0 aliphatic rings. The first kappa shape index (κ1) is 21.3. The Bertz CT molecular complexity index is 1100. The number of ether oxygens (including phenoxy) is 1. The molecule has 156 valence electrons. The van der Waals surface area contributed by atoms with Crippen molar-refractivity contribution in [2.75, 3.05) is 7.05 Å². The highest BCUT2D eigenvalue weighted by Crippen LogP contribution is 2.27. The molecule has 0 aromatic heterocycles. The largest absolute Gasteiger partial charge is 0.488 e. The number of hydrogen-bond acceptors (Lipinski definition) is 2. The molecule has 0 saturated heterocycles. The van der Waals surface area contributed by atoms with E-state index in [-0.39, 0.29) is 0 Å². The van der Waals surface area contributed by atoms with Crippen molar-refractivity contribution in [3.8, 4) is 5.75 Å². The summed E-state index contributed by atoms with van der Waals surface area (Å²) in [5.41, 5.74) is 5.05. The van der Waals surface area contributed by atoms with E-state index in [1.807, 2.05) is 13.1 Å². The zero-order chi connectivity index (χ0) is 21.3. The van der Waals surface area contributed by atoms with Crippen molar-refractivity contribution in [1.29, 1.82) is 0 Å². The predicted octanol–water partition coefficient (Wildman–Crippen LogP) is 5.21. The van der Waals surface area contributed by atoms with Crippen LogP contribution in [0.5, 0.6) is 5.75 Å². The molecule has 0 bridgehead atoms. The van der Waals surface area contributed by atoms with Gasteiger partial charge in [-0.25, -0.2) is 0 Å². The molecule has 0 fully saturated rings. The van der Waals surface area contributed by atoms with Gasteiger partial charge in [-0.2, -0.15) is 0 Å². The summed E-state index contributed by atoms with van der Waals surface area (Å²) in [7, 11) is 2.54. The van der Waals surface area contributed by atoms with Crippen LogP contribution >= 0.6 is 8.58 Å². The Balaban J connectivity index is 1.67. The molecule has 0 heterocycles. The van der Waals surface area contributed by atoms with Gasteiger partial charge in [-0.05, 0) is 34.6 Å². The Morgan fingerprint density at radius 1 is 0.645 bits per heavy atom. The molecule has 1 N–H and O–H groups in total. The van der Waals surface area contributed by atoms with Crippen LogP contribution in [0, 0.1) is 0 Å². The van der Waals surface area contributed by atoms with Crippen molar-refractivity contribution in [2.45, 2.75) is 19.6 Å². The lowest BCUT2D eigenvalue weighted by Gasteiger charge is -2.18. The van der Waals surface area contributed by atoms with Crippen LogP contribution in [0.25, 0.3) is 0 Å². The smallest absolute Gasteiger partial charge is 0.131 e. The summed E-state index contributed by atoms with van der Waals surface area (Å²) < 4.78 is 6.49. The van der Waals surface area contributed by atoms with Crippen molar-refractivity contribution in [3.63, 3.8) is 0 Å². The van der Waals surface area contributed by atoms with Crippen LogP contribution < -0.4 is 20.7 Å². The lowest BCUT2D eigenvalue weighted by atomic mass is 10.0. The fraction of sp³-hybridized carbons (Fsp3) is 0.143. The fourth-order valence-corrected chi connectivity index (χ4v) is 5.00. The molecule has 4 rings (SSSR count). The van der Waals surface area contributed by atoms with Gasteiger partial charge >= 0.3 is 0 Å². The average Bonchev–Trinajstić information content (AvgIpc) is 2.81. The lowest BCUT2D eigenvalue weighted by Crippen LogP contribution is -2.17. The second-order valence-electron chi connectivity index (χ2n) is 7.54. The molecule has 1 atom stereocenters. The second-order valence-corrected chi connectivity index (χ2v) is 8.87. The van der Waals surface area contributed by atoms with E-state index in [2.05, 4.69) is 102 Å². The highest BCUT2D eigenvalue weighted by atomic mass is 31.1. The van der Waals surface area contributed by atoms with Gasteiger partial charge in [-0.1, -0.05) is 112 Å². The molecule has 0 amide bonds. The maximum absolute atomic E-state index is 6.49. The standard InChI is InChI=1S/C28H28NOP/c1-29-20-25-15-8-9-17-26(25)31-27-18-10-16-24(19-22-11-4-2-5-12-22)28(27)30-21-23-13-6-3-7-14-23/h2-18,29,31H,19-21H2,1H3. The van der Waals surface area contributed by atoms with Gasteiger partial charge < -0.3 is 10.1 Å². The molecular formula is C28H28NOP. The van der Waals surface area contributed by atoms with E-state index in [1.54, 1.807) is 0 Å². The summed E-state index contributed by atoms with van der Waals surface area (Å²) in [4.78, 5) is 0. The molecule has 31 heavy (non-hydrogen) atoms. The minimum Gasteiger partial charge on any atom is -0.488 e. The minimum atomic E-state index is 0.544. The van der Waals surface area contributed by atoms with Crippen LogP contribution in [0.2, 0.25) is 0 Å². The Hall–Kier alpha value is -2.93. The van der Waals surface area contributed by atoms with Gasteiger partial charge in [0.05, 0.1) is 0 Å². The second kappa shape index (κ2) is 10.9. The molecule has 0 saturated carbocycles. The van der Waals surface area contributed by atoms with Crippen molar-refractivity contribution in [1.82, 2.24) is 5.32 Å². The van der Waals surface area contributed by atoms with Crippen LogP contribution in [-0.2, 0) is 19.6 Å². The topological polar surface area (TPSA) is 21.3 Å². The molecule has 0 aliphatic carbocycles. The van der Waals surface area contributed by atoms with Crippen LogP contribution in [0.15, 0.2) is 103 Å². The first-order valence-corrected chi connectivity index (χ1v) is 11.7. The summed E-state index contributed by atoms with van der Waals surface area (Å²) in [6.45, 7) is 1.44. The highest BCUT2D eigenvalue weighted by Gasteiger charge is 2.13. The molecule has 0 radical (unpaired) electrons. The van der Waals surface area contributed by atoms with Crippen molar-refractivity contribution in [3.05, 3.63) is 125 Å². The third-order valence-electron chi connectivity index (χ3n) is 5.21. The number of rotatable bonds is 9. The van der Waals surface area contributed by atoms with Gasteiger partial charge in [0.2, 0.25) is 0 Å². The molecular weight excluding hydrogens is 397 g/mol. The van der Waals surface area contributed by atoms with E-state index < -0.39 is 0 Å². The number of hydrogen-bond donors (Lipinski definition) is 1. The third-order valence-corrected chi connectivity index (χ3v) is 6.63. The van der Waals surface area contributed by atoms with Crippen molar-refractivity contribution in [2.24, 2.45) is 0 Å². The van der Waals surface area contributed by atoms with E-state index in [0.717, 1.165) is 18.7 Å². The first-order chi connectivity index (χ1) is 15.3. The zero-order valence-electron chi connectivity index (χ0n) is 17.8. The summed E-state index contributed by atoms with van der Waals surface area (Å²) >= 11 is 0. The van der Waals surface area contributed by atoms with Gasteiger partial charge in [0.25, 0.3) is 0 Å². The SMILES string of the molecule is CNCc1ccccc1Pc1cccc(Cc2ccccc2)c1OCc1ccccc1. The van der Waals surface area contributed by atoms with Crippen LogP contribution in [0.3, 0.4) is 0 Å². The zero-order valence-corrected chi connectivity index (χ0v) is 18.8. The minimum absolute atomic E-state index is 0.544. The maximum Gasteiger partial charge on any atom is 0.131 e. The third kappa shape index (κ3) is 5.82. The molecule has 0 spiro atoms. The van der Waals surface area contributed by atoms with Gasteiger partial charge in [0.15, 0.2) is 0 Å². The van der Waals surface area contributed by atoms with Crippen LogP contribution in [0.1, 0.15) is 22.3 Å². The molecule has 4 aromatic carbocycles. The maximum atomic E-state index is 6.49. The van der Waals surface area contributed by atoms with Crippen molar-refractivity contribution >= 4 is 19.2 Å². The summed E-state index contributed by atoms with van der Waals surface area (Å²) in [6.07, 6.45) is 0.863. The number of para-hydroxylation sites is 1. The first-order valence-electron chi connectivity index (χ1n) is 10.7. The summed E-state index contributed by atoms with van der Waals surface area (Å²) in [5.74, 6) is 1.02. The van der Waals surface area contributed by atoms with Crippen LogP contribution in [0.4, 0.5) is 0 Å². The van der Waals surface area contributed by atoms with Gasteiger partial charge in [-0.3, -0.25) is 0 Å². The number of nitrogens with one attached hydrogen (secondary N) is 1. The Labute approximate surface area is 187 Å². The molecule has 4 aromatic rings. The quantitative estimate of drug-likeness (QED) is 0.372. The fourth-order valence-electron chi connectivity index (χ4n) is 3.67. The van der Waals surface area contributed by atoms with Gasteiger partial charge in [0, 0.05) is 18.3 Å². The monoisotopic (exact) mass is 425 g/mol. The van der Waals surface area contributed by atoms with E-state index in [0.29, 0.717) is 15.2 Å². The Morgan fingerprint density at radius 3 is 2.00 bits per heavy atom. The average molecular weight is 426 g/mol. The van der Waals surface area contributed by atoms with Gasteiger partial charge in [-0.15, -0.1) is 0 Å². The molecule has 3 heteroatoms. The molecule has 0 aliphatic heterocycles. The number of benzene rings is 4. The molecule has 1 unspecified atom stereocenters. The van der Waals surface area contributed by atoms with Gasteiger partial charge in [0.1, 0.15) is 12.4 Å². The Morgan fingerprint density at radius 2 is 1.26 bits per heavy atom. The summed E-state index contributed by atoms with van der Waals surface area (Å²) in [5, 5.41) is 5.91. The van der Waals surface area contributed by atoms with E-state index in [1.165, 1.54) is 32.9 Å². The van der Waals surface area contributed by atoms with E-state index in [9.17, 15) is 0 Å². The molecule has 2 nitrogen and oxygen atoms in total. The summed E-state index contributed by atoms with van der Waals surface area (Å²) in [6, 6.07) is 36.2.